The van der Waals surface area contributed by atoms with E-state index in [0.717, 1.165) is 5.56 Å². The quantitative estimate of drug-likeness (QED) is 0.773. The summed E-state index contributed by atoms with van der Waals surface area (Å²) in [5, 5.41) is 2.88. The highest BCUT2D eigenvalue weighted by Gasteiger charge is 2.19. The molecule has 8 heteroatoms. The van der Waals surface area contributed by atoms with Crippen LogP contribution in [0.1, 0.15) is 12.0 Å². The highest BCUT2D eigenvalue weighted by atomic mass is 35.5. The van der Waals surface area contributed by atoms with Gasteiger partial charge in [0.05, 0.1) is 35.6 Å². The van der Waals surface area contributed by atoms with E-state index in [0.29, 0.717) is 17.2 Å². The summed E-state index contributed by atoms with van der Waals surface area (Å²) in [7, 11) is -0.709. The largest absolute Gasteiger partial charge is 0.495 e. The van der Waals surface area contributed by atoms with Crippen LogP contribution in [-0.4, -0.2) is 34.3 Å². The van der Waals surface area contributed by atoms with E-state index in [1.807, 2.05) is 13.0 Å². The molecule has 0 radical (unpaired) electrons. The fourth-order valence-electron chi connectivity index (χ4n) is 2.32. The van der Waals surface area contributed by atoms with Gasteiger partial charge in [-0.2, -0.15) is 0 Å². The first-order valence-electron chi connectivity index (χ1n) is 7.77. The van der Waals surface area contributed by atoms with Crippen LogP contribution in [0.15, 0.2) is 41.3 Å². The van der Waals surface area contributed by atoms with Crippen molar-refractivity contribution in [2.24, 2.45) is 0 Å². The zero-order valence-electron chi connectivity index (χ0n) is 14.7. The van der Waals surface area contributed by atoms with E-state index < -0.39 is 15.7 Å². The van der Waals surface area contributed by atoms with Gasteiger partial charge in [0.2, 0.25) is 5.91 Å². The molecule has 0 aromatic heterocycles. The third-order valence-electron chi connectivity index (χ3n) is 3.71. The second-order valence-electron chi connectivity index (χ2n) is 5.62. The first-order valence-corrected chi connectivity index (χ1v) is 9.80. The molecule has 1 amide bonds. The number of aryl methyl sites for hydroxylation is 1. The third-order valence-corrected chi connectivity index (χ3v) is 5.72. The molecular formula is C18H20ClNO5S. The number of nitrogens with one attached hydrogen (secondary N) is 1. The number of carbonyl (C=O) groups excluding carboxylic acids is 1. The Kier molecular flexibility index (Phi) is 6.50. The molecule has 0 spiro atoms. The molecule has 0 bridgehead atoms. The van der Waals surface area contributed by atoms with Crippen molar-refractivity contribution in [2.45, 2.75) is 18.2 Å². The van der Waals surface area contributed by atoms with Crippen molar-refractivity contribution < 1.29 is 22.7 Å². The summed E-state index contributed by atoms with van der Waals surface area (Å²) in [6.45, 7) is 1.88. The van der Waals surface area contributed by atoms with E-state index >= 15 is 0 Å². The lowest BCUT2D eigenvalue weighted by Crippen LogP contribution is -2.18. The molecule has 0 atom stereocenters. The summed E-state index contributed by atoms with van der Waals surface area (Å²) in [5.41, 5.74) is 1.45. The van der Waals surface area contributed by atoms with Gasteiger partial charge >= 0.3 is 0 Å². The summed E-state index contributed by atoms with van der Waals surface area (Å²) in [4.78, 5) is 12.2. The highest BCUT2D eigenvalue weighted by molar-refractivity contribution is 7.91. The fourth-order valence-corrected chi connectivity index (χ4v) is 3.90. The van der Waals surface area contributed by atoms with Crippen molar-refractivity contribution >= 4 is 33.0 Å². The zero-order chi connectivity index (χ0) is 19.3. The van der Waals surface area contributed by atoms with Gasteiger partial charge in [0.15, 0.2) is 9.84 Å². The Morgan fingerprint density at radius 3 is 2.35 bits per heavy atom. The predicted octanol–water partition coefficient (Wildman–Crippen LogP) is 3.47. The molecule has 140 valence electrons. The van der Waals surface area contributed by atoms with Gasteiger partial charge in [0.1, 0.15) is 11.5 Å². The lowest BCUT2D eigenvalue weighted by molar-refractivity contribution is -0.115. The lowest BCUT2D eigenvalue weighted by Gasteiger charge is -2.11. The first-order chi connectivity index (χ1) is 12.3. The summed E-state index contributed by atoms with van der Waals surface area (Å²) in [6, 6.07) is 9.55. The summed E-state index contributed by atoms with van der Waals surface area (Å²) in [5.74, 6) is 0.135. The number of hydrogen-bond acceptors (Lipinski definition) is 5. The Balaban J connectivity index is 2.06. The number of anilines is 1. The van der Waals surface area contributed by atoms with Crippen LogP contribution in [0.4, 0.5) is 5.69 Å². The third kappa shape index (κ3) is 4.89. The van der Waals surface area contributed by atoms with Gasteiger partial charge in [-0.15, -0.1) is 0 Å². The van der Waals surface area contributed by atoms with Crippen molar-refractivity contribution in [3.05, 3.63) is 47.0 Å². The maximum absolute atomic E-state index is 12.4. The minimum atomic E-state index is -3.65. The van der Waals surface area contributed by atoms with Crippen LogP contribution in [0.5, 0.6) is 11.5 Å². The van der Waals surface area contributed by atoms with Gasteiger partial charge in [-0.25, -0.2) is 8.42 Å². The molecule has 0 heterocycles. The number of benzene rings is 2. The van der Waals surface area contributed by atoms with Crippen molar-refractivity contribution in [2.75, 3.05) is 25.3 Å². The van der Waals surface area contributed by atoms with Crippen LogP contribution in [0.25, 0.3) is 0 Å². The van der Waals surface area contributed by atoms with E-state index in [-0.39, 0.29) is 22.1 Å². The topological polar surface area (TPSA) is 81.7 Å². The van der Waals surface area contributed by atoms with Crippen LogP contribution in [-0.2, 0) is 14.6 Å². The van der Waals surface area contributed by atoms with Crippen LogP contribution < -0.4 is 14.8 Å². The summed E-state index contributed by atoms with van der Waals surface area (Å²) in [6.07, 6.45) is -0.191. The van der Waals surface area contributed by atoms with Gasteiger partial charge in [0.25, 0.3) is 0 Å². The first kappa shape index (κ1) is 20.1. The average Bonchev–Trinajstić information content (AvgIpc) is 2.60. The molecule has 0 aliphatic heterocycles. The number of methoxy groups -OCH3 is 2. The molecule has 0 fully saturated rings. The molecule has 26 heavy (non-hydrogen) atoms. The number of sulfone groups is 1. The summed E-state index contributed by atoms with van der Waals surface area (Å²) < 4.78 is 35.0. The van der Waals surface area contributed by atoms with Crippen molar-refractivity contribution in [3.63, 3.8) is 0 Å². The number of carbonyl (C=O) groups is 1. The minimum Gasteiger partial charge on any atom is -0.495 e. The van der Waals surface area contributed by atoms with Gasteiger partial charge in [-0.3, -0.25) is 4.79 Å². The Morgan fingerprint density at radius 2 is 1.73 bits per heavy atom. The number of ether oxygens (including phenoxy) is 2. The maximum Gasteiger partial charge on any atom is 0.225 e. The van der Waals surface area contributed by atoms with Crippen molar-refractivity contribution in [1.82, 2.24) is 0 Å². The van der Waals surface area contributed by atoms with E-state index in [1.54, 1.807) is 12.1 Å². The molecule has 0 saturated heterocycles. The van der Waals surface area contributed by atoms with Crippen LogP contribution in [0.3, 0.4) is 0 Å². The lowest BCUT2D eigenvalue weighted by atomic mass is 10.2. The molecule has 0 aliphatic carbocycles. The van der Waals surface area contributed by atoms with Gasteiger partial charge < -0.3 is 14.8 Å². The minimum absolute atomic E-state index is 0.0456. The zero-order valence-corrected chi connectivity index (χ0v) is 16.3. The Labute approximate surface area is 158 Å². The number of halogens is 1. The predicted molar refractivity (Wildman–Crippen MR) is 101 cm³/mol. The van der Waals surface area contributed by atoms with Crippen molar-refractivity contribution in [1.29, 1.82) is 0 Å². The smallest absolute Gasteiger partial charge is 0.225 e. The average molecular weight is 398 g/mol. The molecule has 2 aromatic carbocycles. The SMILES string of the molecule is COc1ccc(S(=O)(=O)CCC(=O)Nc2cc(C)ccc2OC)cc1Cl. The summed E-state index contributed by atoms with van der Waals surface area (Å²) >= 11 is 5.97. The van der Waals surface area contributed by atoms with E-state index in [1.165, 1.54) is 32.4 Å². The van der Waals surface area contributed by atoms with Crippen LogP contribution >= 0.6 is 11.6 Å². The highest BCUT2D eigenvalue weighted by Crippen LogP contribution is 2.28. The molecule has 0 unspecified atom stereocenters. The molecule has 2 aromatic rings. The van der Waals surface area contributed by atoms with E-state index in [4.69, 9.17) is 21.1 Å². The molecule has 6 nitrogen and oxygen atoms in total. The standard InChI is InChI=1S/C18H20ClNO5S/c1-12-4-6-17(25-3)15(10-12)20-18(21)8-9-26(22,23)13-5-7-16(24-2)14(19)11-13/h4-7,10-11H,8-9H2,1-3H3,(H,20,21). The van der Waals surface area contributed by atoms with Crippen LogP contribution in [0.2, 0.25) is 5.02 Å². The molecular weight excluding hydrogens is 378 g/mol. The Bertz CT molecular complexity index is 912. The molecule has 0 aliphatic rings. The van der Waals surface area contributed by atoms with Crippen molar-refractivity contribution in [3.8, 4) is 11.5 Å². The number of hydrogen-bond donors (Lipinski definition) is 1. The molecule has 1 N–H and O–H groups in total. The van der Waals surface area contributed by atoms with E-state index in [2.05, 4.69) is 5.32 Å². The number of rotatable bonds is 7. The second-order valence-corrected chi connectivity index (χ2v) is 8.13. The van der Waals surface area contributed by atoms with Gasteiger partial charge in [0, 0.05) is 6.42 Å². The van der Waals surface area contributed by atoms with E-state index in [9.17, 15) is 13.2 Å². The second kappa shape index (κ2) is 8.42. The Hall–Kier alpha value is -2.25. The molecule has 2 rings (SSSR count). The van der Waals surface area contributed by atoms with Gasteiger partial charge in [-0.05, 0) is 42.8 Å². The monoisotopic (exact) mass is 397 g/mol. The molecule has 0 saturated carbocycles. The normalized spacial score (nSPS) is 11.1. The fraction of sp³-hybridized carbons (Fsp3) is 0.278. The number of amides is 1. The maximum atomic E-state index is 12.4. The van der Waals surface area contributed by atoms with Gasteiger partial charge in [-0.1, -0.05) is 17.7 Å². The van der Waals surface area contributed by atoms with Crippen LogP contribution in [0, 0.1) is 6.92 Å². The Morgan fingerprint density at radius 1 is 1.08 bits per heavy atom.